The molecule has 3 unspecified atom stereocenters. The highest BCUT2D eigenvalue weighted by Crippen LogP contribution is 2.53. The van der Waals surface area contributed by atoms with Crippen LogP contribution < -0.4 is 0 Å². The summed E-state index contributed by atoms with van der Waals surface area (Å²) < 4.78 is 36.0. The average Bonchev–Trinajstić information content (AvgIpc) is 2.59. The van der Waals surface area contributed by atoms with Gasteiger partial charge in [0.05, 0.1) is 5.60 Å². The van der Waals surface area contributed by atoms with Crippen LogP contribution in [0.1, 0.15) is 38.5 Å². The van der Waals surface area contributed by atoms with Gasteiger partial charge in [0.2, 0.25) is 0 Å². The van der Waals surface area contributed by atoms with Crippen molar-refractivity contribution in [3.8, 4) is 0 Å². The molecule has 2 fully saturated rings. The first kappa shape index (κ1) is 10.3. The number of hydrogen-bond donors (Lipinski definition) is 1. The van der Waals surface area contributed by atoms with Crippen LogP contribution in [0.25, 0.3) is 0 Å². The molecular formula is C10H15F3O. The molecule has 1 N–H and O–H groups in total. The molecule has 2 aliphatic rings. The molecule has 0 aromatic rings. The smallest absolute Gasteiger partial charge is 0.389 e. The van der Waals surface area contributed by atoms with Gasteiger partial charge in [0, 0.05) is 6.42 Å². The third kappa shape index (κ3) is 1.90. The van der Waals surface area contributed by atoms with Gasteiger partial charge < -0.3 is 5.11 Å². The van der Waals surface area contributed by atoms with E-state index in [4.69, 9.17) is 0 Å². The molecule has 2 aliphatic carbocycles. The van der Waals surface area contributed by atoms with E-state index in [1.165, 1.54) is 0 Å². The van der Waals surface area contributed by atoms with Crippen LogP contribution in [0.4, 0.5) is 13.2 Å². The van der Waals surface area contributed by atoms with Crippen molar-refractivity contribution in [2.75, 3.05) is 0 Å². The van der Waals surface area contributed by atoms with Crippen molar-refractivity contribution in [1.82, 2.24) is 0 Å². The van der Waals surface area contributed by atoms with Crippen LogP contribution in [0.2, 0.25) is 0 Å². The summed E-state index contributed by atoms with van der Waals surface area (Å²) in [4.78, 5) is 0. The van der Waals surface area contributed by atoms with Crippen LogP contribution in [-0.2, 0) is 0 Å². The lowest BCUT2D eigenvalue weighted by atomic mass is 9.81. The van der Waals surface area contributed by atoms with Gasteiger partial charge >= 0.3 is 6.18 Å². The third-order valence-electron chi connectivity index (χ3n) is 3.78. The first-order chi connectivity index (χ1) is 6.39. The van der Waals surface area contributed by atoms with Gasteiger partial charge in [0.1, 0.15) is 0 Å². The maximum absolute atomic E-state index is 12.0. The van der Waals surface area contributed by atoms with E-state index < -0.39 is 18.2 Å². The Kier molecular flexibility index (Phi) is 2.29. The zero-order chi connectivity index (χ0) is 10.4. The monoisotopic (exact) mass is 208 g/mol. The van der Waals surface area contributed by atoms with Gasteiger partial charge in [-0.05, 0) is 43.9 Å². The number of fused-ring (bicyclic) bond motifs is 2. The molecule has 0 aromatic carbocycles. The summed E-state index contributed by atoms with van der Waals surface area (Å²) in [5.41, 5.74) is -1.00. The number of hydrogen-bond acceptors (Lipinski definition) is 1. The van der Waals surface area contributed by atoms with E-state index in [1.54, 1.807) is 0 Å². The molecule has 0 amide bonds. The highest BCUT2D eigenvalue weighted by Gasteiger charge is 2.50. The van der Waals surface area contributed by atoms with Crippen LogP contribution in [-0.4, -0.2) is 16.9 Å². The summed E-state index contributed by atoms with van der Waals surface area (Å²) in [6, 6.07) is 0. The van der Waals surface area contributed by atoms with Crippen molar-refractivity contribution in [2.45, 2.75) is 50.3 Å². The van der Waals surface area contributed by atoms with Crippen LogP contribution in [0.5, 0.6) is 0 Å². The molecular weight excluding hydrogens is 193 g/mol. The lowest BCUT2D eigenvalue weighted by Gasteiger charge is -2.32. The van der Waals surface area contributed by atoms with Crippen LogP contribution in [0.15, 0.2) is 0 Å². The minimum atomic E-state index is -4.13. The second kappa shape index (κ2) is 3.12. The second-order valence-electron chi connectivity index (χ2n) is 4.80. The van der Waals surface area contributed by atoms with E-state index in [2.05, 4.69) is 0 Å². The average molecular weight is 208 g/mol. The van der Waals surface area contributed by atoms with Crippen molar-refractivity contribution in [3.05, 3.63) is 0 Å². The van der Waals surface area contributed by atoms with Gasteiger partial charge in [-0.25, -0.2) is 0 Å². The van der Waals surface area contributed by atoms with Gasteiger partial charge in [-0.1, -0.05) is 0 Å². The SMILES string of the molecule is OC1(CCC(F)(F)F)CC2CCC1C2. The molecule has 2 saturated carbocycles. The summed E-state index contributed by atoms with van der Waals surface area (Å²) >= 11 is 0. The Labute approximate surface area is 81.3 Å². The molecule has 4 heteroatoms. The Morgan fingerprint density at radius 1 is 1.29 bits per heavy atom. The first-order valence-corrected chi connectivity index (χ1v) is 5.18. The van der Waals surface area contributed by atoms with Gasteiger partial charge in [-0.2, -0.15) is 13.2 Å². The predicted octanol–water partition coefficient (Wildman–Crippen LogP) is 2.88. The fourth-order valence-corrected chi connectivity index (χ4v) is 3.08. The Morgan fingerprint density at radius 3 is 2.43 bits per heavy atom. The van der Waals surface area contributed by atoms with Crippen molar-refractivity contribution in [3.63, 3.8) is 0 Å². The third-order valence-corrected chi connectivity index (χ3v) is 3.78. The molecule has 2 rings (SSSR count). The predicted molar refractivity (Wildman–Crippen MR) is 45.7 cm³/mol. The summed E-state index contributed by atoms with van der Waals surface area (Å²) in [6.45, 7) is 0. The minimum Gasteiger partial charge on any atom is -0.390 e. The normalized spacial score (nSPS) is 42.0. The molecule has 82 valence electrons. The highest BCUT2D eigenvalue weighted by molar-refractivity contribution is 5.01. The molecule has 0 radical (unpaired) electrons. The lowest BCUT2D eigenvalue weighted by molar-refractivity contribution is -0.151. The Bertz CT molecular complexity index is 226. The minimum absolute atomic E-state index is 0.0995. The lowest BCUT2D eigenvalue weighted by Crippen LogP contribution is -2.36. The van der Waals surface area contributed by atoms with E-state index in [0.717, 1.165) is 19.3 Å². The Hall–Kier alpha value is -0.250. The van der Waals surface area contributed by atoms with E-state index in [1.807, 2.05) is 0 Å². The zero-order valence-corrected chi connectivity index (χ0v) is 7.98. The van der Waals surface area contributed by atoms with Crippen molar-refractivity contribution >= 4 is 0 Å². The molecule has 0 spiro atoms. The molecule has 0 heterocycles. The summed E-state index contributed by atoms with van der Waals surface area (Å²) in [7, 11) is 0. The first-order valence-electron chi connectivity index (χ1n) is 5.18. The summed E-state index contributed by atoms with van der Waals surface area (Å²) in [5.74, 6) is 0.619. The Morgan fingerprint density at radius 2 is 2.00 bits per heavy atom. The van der Waals surface area contributed by atoms with Crippen molar-refractivity contribution < 1.29 is 18.3 Å². The number of alkyl halides is 3. The van der Waals surface area contributed by atoms with E-state index in [-0.39, 0.29) is 12.3 Å². The van der Waals surface area contributed by atoms with E-state index in [9.17, 15) is 18.3 Å². The van der Waals surface area contributed by atoms with Crippen LogP contribution >= 0.6 is 0 Å². The maximum atomic E-state index is 12.0. The molecule has 0 aromatic heterocycles. The zero-order valence-electron chi connectivity index (χ0n) is 7.98. The quantitative estimate of drug-likeness (QED) is 0.739. The van der Waals surface area contributed by atoms with Gasteiger partial charge in [-0.3, -0.25) is 0 Å². The fourth-order valence-electron chi connectivity index (χ4n) is 3.08. The molecule has 1 nitrogen and oxygen atoms in total. The summed E-state index contributed by atoms with van der Waals surface area (Å²) in [6.07, 6.45) is -1.53. The molecule has 0 aliphatic heterocycles. The number of aliphatic hydroxyl groups is 1. The standard InChI is InChI=1S/C10H15F3O/c11-10(12,13)4-3-9(14)6-7-1-2-8(9)5-7/h7-8,14H,1-6H2. The van der Waals surface area contributed by atoms with E-state index in [0.29, 0.717) is 12.3 Å². The number of rotatable bonds is 2. The fraction of sp³-hybridized carbons (Fsp3) is 1.00. The Balaban J connectivity index is 1.91. The largest absolute Gasteiger partial charge is 0.390 e. The topological polar surface area (TPSA) is 20.2 Å². The number of halogens is 3. The highest BCUT2D eigenvalue weighted by atomic mass is 19.4. The van der Waals surface area contributed by atoms with Crippen LogP contribution in [0.3, 0.4) is 0 Å². The van der Waals surface area contributed by atoms with Crippen LogP contribution in [0, 0.1) is 11.8 Å². The summed E-state index contributed by atoms with van der Waals surface area (Å²) in [5, 5.41) is 10.0. The van der Waals surface area contributed by atoms with Crippen molar-refractivity contribution in [2.24, 2.45) is 11.8 Å². The molecule has 3 atom stereocenters. The van der Waals surface area contributed by atoms with Gasteiger partial charge in [-0.15, -0.1) is 0 Å². The second-order valence-corrected chi connectivity index (χ2v) is 4.80. The maximum Gasteiger partial charge on any atom is 0.389 e. The molecule has 2 bridgehead atoms. The van der Waals surface area contributed by atoms with Gasteiger partial charge in [0.15, 0.2) is 0 Å². The van der Waals surface area contributed by atoms with Gasteiger partial charge in [0.25, 0.3) is 0 Å². The van der Waals surface area contributed by atoms with E-state index >= 15 is 0 Å². The van der Waals surface area contributed by atoms with Crippen molar-refractivity contribution in [1.29, 1.82) is 0 Å². The molecule has 14 heavy (non-hydrogen) atoms. The molecule has 0 saturated heterocycles.